The highest BCUT2D eigenvalue weighted by Gasteiger charge is 2.18. The van der Waals surface area contributed by atoms with Crippen molar-refractivity contribution in [1.82, 2.24) is 19.9 Å². The molecular formula is C26H24FN5O3. The number of rotatable bonds is 6. The van der Waals surface area contributed by atoms with E-state index in [0.29, 0.717) is 28.3 Å². The average molecular weight is 474 g/mol. The number of hydrogen-bond acceptors (Lipinski definition) is 5. The number of nitrogens with one attached hydrogen (secondary N) is 2. The van der Waals surface area contributed by atoms with Gasteiger partial charge in [0.15, 0.2) is 0 Å². The maximum absolute atomic E-state index is 14.0. The van der Waals surface area contributed by atoms with Crippen molar-refractivity contribution in [3.05, 3.63) is 78.0 Å². The lowest BCUT2D eigenvalue weighted by atomic mass is 10.0. The summed E-state index contributed by atoms with van der Waals surface area (Å²) in [5, 5.41) is 12.0. The smallest absolute Gasteiger partial charge is 0.409 e. The molecule has 2 aromatic carbocycles. The Balaban J connectivity index is 1.34. The van der Waals surface area contributed by atoms with E-state index in [0.717, 1.165) is 42.7 Å². The largest absolute Gasteiger partial charge is 0.496 e. The molecule has 0 saturated heterocycles. The van der Waals surface area contributed by atoms with E-state index in [1.807, 2.05) is 18.2 Å². The Morgan fingerprint density at radius 2 is 2.03 bits per heavy atom. The molecule has 3 N–H and O–H groups in total. The number of aromatic amines is 1. The van der Waals surface area contributed by atoms with E-state index in [4.69, 9.17) is 9.84 Å². The number of benzene rings is 2. The van der Waals surface area contributed by atoms with Crippen LogP contribution in [0.15, 0.2) is 60.9 Å². The summed E-state index contributed by atoms with van der Waals surface area (Å²) in [5.41, 5.74) is 5.73. The molecule has 0 bridgehead atoms. The van der Waals surface area contributed by atoms with Crippen LogP contribution in [0, 0.1) is 5.82 Å². The molecule has 8 nitrogen and oxygen atoms in total. The minimum absolute atomic E-state index is 0.355. The molecule has 9 heteroatoms. The third-order valence-corrected chi connectivity index (χ3v) is 6.09. The number of carbonyl (C=O) groups is 1. The second-order valence-corrected chi connectivity index (χ2v) is 8.35. The standard InChI is InChI=1S/C26H24FN5O3/c1-35-23-7-4-18(27)12-20(23)24-21-13-22(31-25(21)29-15-28-24)17-8-10-32(11-9-17)14-16-2-5-19(6-3-16)30-26(33)34/h2-8,12-13,15,30H,9-11,14H2,1H3,(H,33,34)(H,28,29,31). The van der Waals surface area contributed by atoms with Crippen LogP contribution < -0.4 is 10.1 Å². The number of anilines is 1. The third kappa shape index (κ3) is 4.85. The van der Waals surface area contributed by atoms with Gasteiger partial charge in [0.2, 0.25) is 0 Å². The predicted molar refractivity (Wildman–Crippen MR) is 132 cm³/mol. The van der Waals surface area contributed by atoms with Gasteiger partial charge in [-0.25, -0.2) is 19.2 Å². The maximum atomic E-state index is 14.0. The molecule has 3 heterocycles. The van der Waals surface area contributed by atoms with Crippen LogP contribution >= 0.6 is 0 Å². The maximum Gasteiger partial charge on any atom is 0.409 e. The fraction of sp³-hybridized carbons (Fsp3) is 0.192. The summed E-state index contributed by atoms with van der Waals surface area (Å²) >= 11 is 0. The summed E-state index contributed by atoms with van der Waals surface area (Å²) in [6.45, 7) is 2.45. The zero-order valence-corrected chi connectivity index (χ0v) is 19.1. The highest BCUT2D eigenvalue weighted by molar-refractivity contribution is 5.94. The van der Waals surface area contributed by atoms with E-state index >= 15 is 0 Å². The monoisotopic (exact) mass is 473 g/mol. The molecule has 0 aliphatic carbocycles. The van der Waals surface area contributed by atoms with E-state index in [1.54, 1.807) is 25.3 Å². The lowest BCUT2D eigenvalue weighted by Gasteiger charge is -2.26. The normalized spacial score (nSPS) is 14.1. The fourth-order valence-corrected chi connectivity index (χ4v) is 4.37. The van der Waals surface area contributed by atoms with Gasteiger partial charge in [-0.1, -0.05) is 18.2 Å². The summed E-state index contributed by atoms with van der Waals surface area (Å²) < 4.78 is 19.4. The van der Waals surface area contributed by atoms with Crippen molar-refractivity contribution in [3.63, 3.8) is 0 Å². The quantitative estimate of drug-likeness (QED) is 0.358. The Morgan fingerprint density at radius 1 is 1.20 bits per heavy atom. The first kappa shape index (κ1) is 22.5. The van der Waals surface area contributed by atoms with Gasteiger partial charge in [-0.2, -0.15) is 0 Å². The lowest BCUT2D eigenvalue weighted by molar-refractivity contribution is 0.209. The van der Waals surface area contributed by atoms with Gasteiger partial charge in [0, 0.05) is 42.0 Å². The van der Waals surface area contributed by atoms with Crippen LogP contribution in [0.3, 0.4) is 0 Å². The summed E-state index contributed by atoms with van der Waals surface area (Å²) in [6.07, 6.45) is 3.45. The molecule has 1 aliphatic rings. The number of H-pyrrole nitrogens is 1. The molecule has 2 aromatic heterocycles. The van der Waals surface area contributed by atoms with Crippen LogP contribution in [-0.2, 0) is 6.54 Å². The van der Waals surface area contributed by atoms with Crippen LogP contribution in [0.25, 0.3) is 27.9 Å². The molecular weight excluding hydrogens is 449 g/mol. The summed E-state index contributed by atoms with van der Waals surface area (Å²) in [6, 6.07) is 13.8. The van der Waals surface area contributed by atoms with E-state index in [1.165, 1.54) is 24.0 Å². The van der Waals surface area contributed by atoms with Crippen molar-refractivity contribution < 1.29 is 19.0 Å². The summed E-state index contributed by atoms with van der Waals surface area (Å²) in [7, 11) is 1.55. The molecule has 0 atom stereocenters. The van der Waals surface area contributed by atoms with Crippen LogP contribution in [0.2, 0.25) is 0 Å². The lowest BCUT2D eigenvalue weighted by Crippen LogP contribution is -2.28. The Labute approximate surface area is 201 Å². The van der Waals surface area contributed by atoms with E-state index in [9.17, 15) is 9.18 Å². The Kier molecular flexibility index (Phi) is 6.15. The van der Waals surface area contributed by atoms with Gasteiger partial charge < -0.3 is 14.8 Å². The average Bonchev–Trinajstić information content (AvgIpc) is 3.30. The van der Waals surface area contributed by atoms with Gasteiger partial charge >= 0.3 is 6.09 Å². The zero-order chi connectivity index (χ0) is 24.4. The van der Waals surface area contributed by atoms with Crippen molar-refractivity contribution in [1.29, 1.82) is 0 Å². The summed E-state index contributed by atoms with van der Waals surface area (Å²) in [5.74, 6) is 0.194. The molecule has 1 amide bonds. The first-order chi connectivity index (χ1) is 17.0. The van der Waals surface area contributed by atoms with Crippen LogP contribution in [0.4, 0.5) is 14.9 Å². The Hall–Kier alpha value is -4.24. The zero-order valence-electron chi connectivity index (χ0n) is 19.1. The molecule has 1 aliphatic heterocycles. The number of methoxy groups -OCH3 is 1. The van der Waals surface area contributed by atoms with E-state index < -0.39 is 6.09 Å². The Bertz CT molecular complexity index is 1410. The van der Waals surface area contributed by atoms with Gasteiger partial charge in [-0.3, -0.25) is 10.2 Å². The molecule has 35 heavy (non-hydrogen) atoms. The summed E-state index contributed by atoms with van der Waals surface area (Å²) in [4.78, 5) is 25.3. The van der Waals surface area contributed by atoms with Crippen LogP contribution in [0.1, 0.15) is 17.7 Å². The van der Waals surface area contributed by atoms with Crippen molar-refractivity contribution in [3.8, 4) is 17.0 Å². The molecule has 0 unspecified atom stereocenters. The highest BCUT2D eigenvalue weighted by Crippen LogP contribution is 2.35. The van der Waals surface area contributed by atoms with E-state index in [2.05, 4.69) is 31.2 Å². The van der Waals surface area contributed by atoms with Crippen molar-refractivity contribution >= 4 is 28.4 Å². The van der Waals surface area contributed by atoms with Gasteiger partial charge in [-0.15, -0.1) is 0 Å². The van der Waals surface area contributed by atoms with Crippen molar-refractivity contribution in [2.45, 2.75) is 13.0 Å². The molecule has 0 saturated carbocycles. The number of hydrogen-bond donors (Lipinski definition) is 3. The van der Waals surface area contributed by atoms with Crippen LogP contribution in [0.5, 0.6) is 5.75 Å². The van der Waals surface area contributed by atoms with Gasteiger partial charge in [0.1, 0.15) is 23.5 Å². The topological polar surface area (TPSA) is 103 Å². The number of fused-ring (bicyclic) bond motifs is 1. The Morgan fingerprint density at radius 3 is 2.74 bits per heavy atom. The number of amides is 1. The first-order valence-electron chi connectivity index (χ1n) is 11.2. The number of ether oxygens (including phenoxy) is 1. The van der Waals surface area contributed by atoms with Crippen molar-refractivity contribution in [2.24, 2.45) is 0 Å². The van der Waals surface area contributed by atoms with Gasteiger partial charge in [0.25, 0.3) is 0 Å². The molecule has 5 rings (SSSR count). The fourth-order valence-electron chi connectivity index (χ4n) is 4.37. The minimum Gasteiger partial charge on any atom is -0.496 e. The number of aromatic nitrogens is 3. The van der Waals surface area contributed by atoms with Gasteiger partial charge in [0.05, 0.1) is 12.8 Å². The van der Waals surface area contributed by atoms with E-state index in [-0.39, 0.29) is 5.82 Å². The number of carboxylic acid groups (broad SMARTS) is 1. The predicted octanol–water partition coefficient (Wildman–Crippen LogP) is 5.15. The van der Waals surface area contributed by atoms with Crippen molar-refractivity contribution in [2.75, 3.05) is 25.5 Å². The molecule has 178 valence electrons. The molecule has 0 fully saturated rings. The number of halogens is 1. The van der Waals surface area contributed by atoms with Crippen LogP contribution in [-0.4, -0.2) is 51.3 Å². The first-order valence-corrected chi connectivity index (χ1v) is 11.2. The van der Waals surface area contributed by atoms with Gasteiger partial charge in [-0.05, 0) is 54.0 Å². The number of nitrogens with zero attached hydrogens (tertiary/aromatic N) is 3. The second-order valence-electron chi connectivity index (χ2n) is 8.35. The highest BCUT2D eigenvalue weighted by atomic mass is 19.1. The molecule has 4 aromatic rings. The molecule has 0 spiro atoms. The molecule has 0 radical (unpaired) electrons. The second kappa shape index (κ2) is 9.55. The SMILES string of the molecule is COc1ccc(F)cc1-c1ncnc2[nH]c(C3=CCN(Cc4ccc(NC(=O)O)cc4)CC3)cc12. The minimum atomic E-state index is -1.07. The third-order valence-electron chi connectivity index (χ3n) is 6.09.